The van der Waals surface area contributed by atoms with Crippen LogP contribution in [0.2, 0.25) is 0 Å². The van der Waals surface area contributed by atoms with Gasteiger partial charge in [-0.2, -0.15) is 0 Å². The number of nitrogens with zero attached hydrogens (tertiary/aromatic N) is 1. The summed E-state index contributed by atoms with van der Waals surface area (Å²) in [5.41, 5.74) is 1.90. The van der Waals surface area contributed by atoms with E-state index >= 15 is 0 Å². The van der Waals surface area contributed by atoms with E-state index in [1.165, 1.54) is 12.8 Å². The van der Waals surface area contributed by atoms with Gasteiger partial charge in [0.25, 0.3) is 0 Å². The molecule has 1 aliphatic heterocycles. The molecule has 5 heteroatoms. The summed E-state index contributed by atoms with van der Waals surface area (Å²) in [5.74, 6) is 0.883. The van der Waals surface area contributed by atoms with E-state index in [1.54, 1.807) is 0 Å². The number of amides is 2. The third kappa shape index (κ3) is 4.73. The predicted molar refractivity (Wildman–Crippen MR) is 108 cm³/mol. The van der Waals surface area contributed by atoms with Gasteiger partial charge in [0, 0.05) is 30.5 Å². The molecular formula is C22H27N3O2. The Morgan fingerprint density at radius 2 is 1.67 bits per heavy atom. The van der Waals surface area contributed by atoms with Gasteiger partial charge in [0.2, 0.25) is 0 Å². The number of hydrogen-bond acceptors (Lipinski definition) is 3. The Kier molecular flexibility index (Phi) is 5.47. The predicted octanol–water partition coefficient (Wildman–Crippen LogP) is 4.73. The Morgan fingerprint density at radius 1 is 0.926 bits per heavy atom. The first kappa shape index (κ1) is 17.7. The number of carbonyl (C=O) groups excluding carboxylic acids is 1. The molecule has 2 aromatic carbocycles. The van der Waals surface area contributed by atoms with Crippen molar-refractivity contribution in [3.63, 3.8) is 0 Å². The summed E-state index contributed by atoms with van der Waals surface area (Å²) >= 11 is 0. The van der Waals surface area contributed by atoms with Crippen molar-refractivity contribution in [2.24, 2.45) is 0 Å². The molecule has 1 aliphatic carbocycles. The Bertz CT molecular complexity index is 742. The van der Waals surface area contributed by atoms with Gasteiger partial charge in [0.05, 0.1) is 6.10 Å². The highest BCUT2D eigenvalue weighted by atomic mass is 16.5. The Hall–Kier alpha value is -2.69. The summed E-state index contributed by atoms with van der Waals surface area (Å²) in [6.07, 6.45) is 6.11. The lowest BCUT2D eigenvalue weighted by Crippen LogP contribution is -2.34. The van der Waals surface area contributed by atoms with E-state index in [9.17, 15) is 4.79 Å². The molecule has 0 radical (unpaired) electrons. The highest BCUT2D eigenvalue weighted by molar-refractivity contribution is 5.89. The molecule has 1 saturated carbocycles. The van der Waals surface area contributed by atoms with Crippen molar-refractivity contribution in [3.05, 3.63) is 54.6 Å². The van der Waals surface area contributed by atoms with E-state index in [4.69, 9.17) is 4.74 Å². The minimum absolute atomic E-state index is 0.0446. The molecule has 0 aromatic heterocycles. The summed E-state index contributed by atoms with van der Waals surface area (Å²) in [4.78, 5) is 14.4. The number of likely N-dealkylation sites (tertiary alicyclic amines) is 1. The largest absolute Gasteiger partial charge is 0.490 e. The van der Waals surface area contributed by atoms with E-state index in [-0.39, 0.29) is 6.03 Å². The molecule has 2 fully saturated rings. The SMILES string of the molecule is O=C(Nc1ccc(OC2CCCC2)cc1)N1CCC(Nc2ccccc2)C1. The van der Waals surface area contributed by atoms with Crippen molar-refractivity contribution >= 4 is 17.4 Å². The number of para-hydroxylation sites is 1. The third-order valence-corrected chi connectivity index (χ3v) is 5.33. The van der Waals surface area contributed by atoms with E-state index in [1.807, 2.05) is 47.4 Å². The van der Waals surface area contributed by atoms with Crippen LogP contribution in [0.4, 0.5) is 16.2 Å². The zero-order chi connectivity index (χ0) is 18.5. The van der Waals surface area contributed by atoms with E-state index < -0.39 is 0 Å². The van der Waals surface area contributed by atoms with Gasteiger partial charge >= 0.3 is 6.03 Å². The molecule has 0 bridgehead atoms. The lowest BCUT2D eigenvalue weighted by atomic mass is 10.2. The maximum atomic E-state index is 12.5. The lowest BCUT2D eigenvalue weighted by Gasteiger charge is -2.19. The highest BCUT2D eigenvalue weighted by Gasteiger charge is 2.26. The van der Waals surface area contributed by atoms with Crippen LogP contribution in [0.1, 0.15) is 32.1 Å². The fourth-order valence-corrected chi connectivity index (χ4v) is 3.85. The molecule has 1 heterocycles. The van der Waals surface area contributed by atoms with Crippen LogP contribution >= 0.6 is 0 Å². The average molecular weight is 365 g/mol. The average Bonchev–Trinajstić information content (AvgIpc) is 3.36. The molecular weight excluding hydrogens is 338 g/mol. The second kappa shape index (κ2) is 8.33. The number of hydrogen-bond donors (Lipinski definition) is 2. The van der Waals surface area contributed by atoms with Crippen molar-refractivity contribution in [2.75, 3.05) is 23.7 Å². The van der Waals surface area contributed by atoms with Crippen LogP contribution in [0.15, 0.2) is 54.6 Å². The zero-order valence-corrected chi connectivity index (χ0v) is 15.6. The number of carbonyl (C=O) groups is 1. The summed E-state index contributed by atoms with van der Waals surface area (Å²) in [7, 11) is 0. The van der Waals surface area contributed by atoms with Gasteiger partial charge in [-0.25, -0.2) is 4.79 Å². The molecule has 5 nitrogen and oxygen atoms in total. The molecule has 1 unspecified atom stereocenters. The summed E-state index contributed by atoms with van der Waals surface area (Å²) in [5, 5.41) is 6.49. The molecule has 2 N–H and O–H groups in total. The van der Waals surface area contributed by atoms with Crippen molar-refractivity contribution in [2.45, 2.75) is 44.2 Å². The van der Waals surface area contributed by atoms with E-state index in [0.717, 1.165) is 42.9 Å². The molecule has 2 amide bonds. The number of anilines is 2. The van der Waals surface area contributed by atoms with E-state index in [0.29, 0.717) is 18.7 Å². The number of benzene rings is 2. The summed E-state index contributed by atoms with van der Waals surface area (Å²) < 4.78 is 5.97. The Balaban J connectivity index is 1.26. The normalized spacial score (nSPS) is 19.9. The van der Waals surface area contributed by atoms with Crippen molar-refractivity contribution in [1.82, 2.24) is 4.90 Å². The summed E-state index contributed by atoms with van der Waals surface area (Å²) in [6.45, 7) is 1.48. The number of urea groups is 1. The van der Waals surface area contributed by atoms with Gasteiger partial charge in [-0.05, 0) is 68.5 Å². The molecule has 1 atom stereocenters. The van der Waals surface area contributed by atoms with Crippen LogP contribution < -0.4 is 15.4 Å². The topological polar surface area (TPSA) is 53.6 Å². The van der Waals surface area contributed by atoms with Gasteiger partial charge in [-0.1, -0.05) is 18.2 Å². The van der Waals surface area contributed by atoms with Crippen LogP contribution in [0.5, 0.6) is 5.75 Å². The molecule has 2 aromatic rings. The van der Waals surface area contributed by atoms with Crippen LogP contribution in [-0.4, -0.2) is 36.2 Å². The Labute approximate surface area is 160 Å². The van der Waals surface area contributed by atoms with E-state index in [2.05, 4.69) is 22.8 Å². The van der Waals surface area contributed by atoms with Crippen molar-refractivity contribution in [3.8, 4) is 5.75 Å². The first-order chi connectivity index (χ1) is 13.3. The zero-order valence-electron chi connectivity index (χ0n) is 15.6. The second-order valence-corrected chi connectivity index (χ2v) is 7.42. The molecule has 0 spiro atoms. The minimum atomic E-state index is -0.0446. The van der Waals surface area contributed by atoms with Gasteiger partial charge in [-0.3, -0.25) is 0 Å². The molecule has 27 heavy (non-hydrogen) atoms. The van der Waals surface area contributed by atoms with Crippen molar-refractivity contribution in [1.29, 1.82) is 0 Å². The quantitative estimate of drug-likeness (QED) is 0.806. The maximum Gasteiger partial charge on any atom is 0.321 e. The molecule has 1 saturated heterocycles. The molecule has 2 aliphatic rings. The number of nitrogens with one attached hydrogen (secondary N) is 2. The van der Waals surface area contributed by atoms with Crippen LogP contribution in [0.3, 0.4) is 0 Å². The first-order valence-corrected chi connectivity index (χ1v) is 9.90. The fourth-order valence-electron chi connectivity index (χ4n) is 3.85. The third-order valence-electron chi connectivity index (χ3n) is 5.33. The monoisotopic (exact) mass is 365 g/mol. The van der Waals surface area contributed by atoms with Crippen LogP contribution in [0.25, 0.3) is 0 Å². The number of ether oxygens (including phenoxy) is 1. The fraction of sp³-hybridized carbons (Fsp3) is 0.409. The highest BCUT2D eigenvalue weighted by Crippen LogP contribution is 2.25. The first-order valence-electron chi connectivity index (χ1n) is 9.90. The second-order valence-electron chi connectivity index (χ2n) is 7.42. The maximum absolute atomic E-state index is 12.5. The Morgan fingerprint density at radius 3 is 2.41 bits per heavy atom. The summed E-state index contributed by atoms with van der Waals surface area (Å²) in [6, 6.07) is 18.1. The molecule has 142 valence electrons. The minimum Gasteiger partial charge on any atom is -0.490 e. The lowest BCUT2D eigenvalue weighted by molar-refractivity contribution is 0.210. The molecule has 4 rings (SSSR count). The van der Waals surface area contributed by atoms with Gasteiger partial charge < -0.3 is 20.3 Å². The smallest absolute Gasteiger partial charge is 0.321 e. The standard InChI is InChI=1S/C22H27N3O2/c26-22(25-15-14-19(16-25)23-17-6-2-1-3-7-17)24-18-10-12-21(13-11-18)27-20-8-4-5-9-20/h1-3,6-7,10-13,19-20,23H,4-5,8-9,14-16H2,(H,24,26). The van der Waals surface area contributed by atoms with Gasteiger partial charge in [-0.15, -0.1) is 0 Å². The number of rotatable bonds is 5. The van der Waals surface area contributed by atoms with Crippen molar-refractivity contribution < 1.29 is 9.53 Å². The van der Waals surface area contributed by atoms with Crippen LogP contribution in [0, 0.1) is 0 Å². The van der Waals surface area contributed by atoms with Crippen LogP contribution in [-0.2, 0) is 0 Å². The van der Waals surface area contributed by atoms with Gasteiger partial charge in [0.1, 0.15) is 5.75 Å². The van der Waals surface area contributed by atoms with Gasteiger partial charge in [0.15, 0.2) is 0 Å².